The summed E-state index contributed by atoms with van der Waals surface area (Å²) < 4.78 is 12.9. The number of benzene rings is 2. The molecule has 202 valence electrons. The zero-order valence-corrected chi connectivity index (χ0v) is 24.3. The molecule has 0 aliphatic carbocycles. The number of para-hydroxylation sites is 1. The highest BCUT2D eigenvalue weighted by atomic mass is 35.5. The summed E-state index contributed by atoms with van der Waals surface area (Å²) in [4.78, 5) is 17.8. The Kier molecular flexibility index (Phi) is 11.8. The second-order valence-corrected chi connectivity index (χ2v) is 9.98. The molecule has 7 nitrogen and oxygen atoms in total. The zero-order chi connectivity index (χ0) is 23.8. The molecule has 0 saturated carbocycles. The first kappa shape index (κ1) is 32.3. The number of likely N-dealkylation sites (N-methyl/N-ethyl adjacent to an activating group) is 2. The molecule has 2 heterocycles. The van der Waals surface area contributed by atoms with Gasteiger partial charge in [0.2, 0.25) is 5.43 Å². The lowest BCUT2D eigenvalue weighted by atomic mass is 9.87. The van der Waals surface area contributed by atoms with Crippen LogP contribution in [0, 0.1) is 0 Å². The lowest BCUT2D eigenvalue weighted by Gasteiger charge is -2.41. The Balaban J connectivity index is 0.00000216. The van der Waals surface area contributed by atoms with Crippen molar-refractivity contribution >= 4 is 64.8 Å². The van der Waals surface area contributed by atoms with E-state index in [9.17, 15) is 4.79 Å². The number of hydrogen-bond donors (Lipinski definition) is 2. The number of nitrogens with one attached hydrogen (secondary N) is 2. The summed E-state index contributed by atoms with van der Waals surface area (Å²) in [5, 5.41) is 8.31. The van der Waals surface area contributed by atoms with E-state index in [1.807, 2.05) is 44.4 Å². The van der Waals surface area contributed by atoms with Gasteiger partial charge in [0.1, 0.15) is 22.5 Å². The van der Waals surface area contributed by atoms with Crippen molar-refractivity contribution in [1.29, 1.82) is 0 Å². The fourth-order valence-corrected chi connectivity index (χ4v) is 4.42. The number of nitrogens with zero attached hydrogens (tertiary/aromatic N) is 2. The summed E-state index contributed by atoms with van der Waals surface area (Å²) in [5.74, 6) is 0.781. The van der Waals surface area contributed by atoms with Crippen molar-refractivity contribution in [2.75, 3.05) is 59.7 Å². The number of rotatable bonds is 8. The van der Waals surface area contributed by atoms with Gasteiger partial charge in [0.15, 0.2) is 0 Å². The second-order valence-electron chi connectivity index (χ2n) is 9.98. The van der Waals surface area contributed by atoms with E-state index in [4.69, 9.17) is 9.15 Å². The first-order valence-corrected chi connectivity index (χ1v) is 11.6. The monoisotopic (exact) mass is 560 g/mol. The Morgan fingerprint density at radius 3 is 2.31 bits per heavy atom. The molecule has 4 rings (SSSR count). The van der Waals surface area contributed by atoms with Gasteiger partial charge in [-0.2, -0.15) is 0 Å². The molecule has 1 aliphatic heterocycles. The van der Waals surface area contributed by atoms with E-state index in [1.54, 1.807) is 0 Å². The van der Waals surface area contributed by atoms with E-state index >= 15 is 0 Å². The normalized spacial score (nSPS) is 16.1. The lowest BCUT2D eigenvalue weighted by molar-refractivity contribution is 0.0482. The van der Waals surface area contributed by atoms with Gasteiger partial charge in [0, 0.05) is 37.8 Å². The van der Waals surface area contributed by atoms with Crippen LogP contribution in [0.3, 0.4) is 0 Å². The van der Waals surface area contributed by atoms with E-state index in [0.717, 1.165) is 43.1 Å². The summed E-state index contributed by atoms with van der Waals surface area (Å²) in [6.45, 7) is 7.59. The molecule has 0 fully saturated rings. The van der Waals surface area contributed by atoms with Gasteiger partial charge in [0.25, 0.3) is 0 Å². The topological polar surface area (TPSA) is 70.0 Å². The van der Waals surface area contributed by atoms with Gasteiger partial charge in [-0.15, -0.1) is 37.2 Å². The predicted molar refractivity (Wildman–Crippen MR) is 158 cm³/mol. The minimum Gasteiger partial charge on any atom is -0.486 e. The third-order valence-electron chi connectivity index (χ3n) is 6.36. The molecule has 0 saturated heterocycles. The van der Waals surface area contributed by atoms with Crippen molar-refractivity contribution in [2.24, 2.45) is 0 Å². The zero-order valence-electron chi connectivity index (χ0n) is 21.8. The Bertz CT molecular complexity index is 1210. The summed E-state index contributed by atoms with van der Waals surface area (Å²) in [5.41, 5.74) is 2.53. The predicted octanol–water partition coefficient (Wildman–Crippen LogP) is 4.42. The van der Waals surface area contributed by atoms with E-state index in [1.165, 1.54) is 0 Å². The van der Waals surface area contributed by atoms with Gasteiger partial charge < -0.3 is 29.6 Å². The Morgan fingerprint density at radius 2 is 1.64 bits per heavy atom. The maximum atomic E-state index is 13.6. The third-order valence-corrected chi connectivity index (χ3v) is 6.36. The highest BCUT2D eigenvalue weighted by molar-refractivity contribution is 6.00. The molecule has 0 bridgehead atoms. The van der Waals surface area contributed by atoms with Crippen LogP contribution in [0.1, 0.15) is 19.4 Å². The fraction of sp³-hybridized carbons (Fsp3) is 0.500. The molecule has 3 aromatic rings. The summed E-state index contributed by atoms with van der Waals surface area (Å²) in [7, 11) is 8.20. The van der Waals surface area contributed by atoms with Gasteiger partial charge in [0.05, 0.1) is 22.5 Å². The average Bonchev–Trinajstić information content (AvgIpc) is 2.73. The SMILES string of the molecule is CN(C)CCNc1cc2c(c3oc4ccccc4c(=O)c13)CC(NCCN(C)C)C(C)(C)O2.Cl.Cl.Cl. The van der Waals surface area contributed by atoms with Crippen LogP contribution in [-0.4, -0.2) is 75.8 Å². The largest absolute Gasteiger partial charge is 0.486 e. The maximum absolute atomic E-state index is 13.6. The van der Waals surface area contributed by atoms with Crippen LogP contribution in [0.2, 0.25) is 0 Å². The van der Waals surface area contributed by atoms with Crippen LogP contribution < -0.4 is 20.8 Å². The smallest absolute Gasteiger partial charge is 0.202 e. The molecule has 10 heteroatoms. The standard InChI is InChI=1S/C26H36N4O3.3ClH/c1-26(2)22(28-12-14-30(5)6)15-18-21(33-26)16-19(27-11-13-29(3)4)23-24(31)17-9-7-8-10-20(17)32-25(18)23;;;/h7-10,16,22,27-28H,11-15H2,1-6H3;3*1H. The molecule has 0 radical (unpaired) electrons. The van der Waals surface area contributed by atoms with Gasteiger partial charge >= 0.3 is 0 Å². The molecule has 2 aromatic carbocycles. The Hall–Kier alpha value is -1.74. The molecule has 1 atom stereocenters. The summed E-state index contributed by atoms with van der Waals surface area (Å²) >= 11 is 0. The first-order chi connectivity index (χ1) is 15.7. The van der Waals surface area contributed by atoms with Crippen molar-refractivity contribution in [3.8, 4) is 5.75 Å². The van der Waals surface area contributed by atoms with Gasteiger partial charge in [-0.3, -0.25) is 4.79 Å². The quantitative estimate of drug-likeness (QED) is 0.395. The molecule has 0 amide bonds. The van der Waals surface area contributed by atoms with Crippen LogP contribution in [0.25, 0.3) is 21.9 Å². The maximum Gasteiger partial charge on any atom is 0.202 e. The van der Waals surface area contributed by atoms with E-state index < -0.39 is 5.60 Å². The number of halogens is 3. The van der Waals surface area contributed by atoms with Crippen LogP contribution in [-0.2, 0) is 6.42 Å². The fourth-order valence-electron chi connectivity index (χ4n) is 4.42. The Labute approximate surface area is 232 Å². The van der Waals surface area contributed by atoms with Gasteiger partial charge in [-0.1, -0.05) is 12.1 Å². The van der Waals surface area contributed by atoms with E-state index in [2.05, 4.69) is 48.4 Å². The van der Waals surface area contributed by atoms with Crippen molar-refractivity contribution in [1.82, 2.24) is 15.1 Å². The van der Waals surface area contributed by atoms with E-state index in [-0.39, 0.29) is 48.7 Å². The highest BCUT2D eigenvalue weighted by Gasteiger charge is 2.38. The summed E-state index contributed by atoms with van der Waals surface area (Å²) in [6.07, 6.45) is 0.728. The number of fused-ring (bicyclic) bond motifs is 4. The molecule has 1 aliphatic rings. The Morgan fingerprint density at radius 1 is 1.00 bits per heavy atom. The minimum absolute atomic E-state index is 0. The lowest BCUT2D eigenvalue weighted by Crippen LogP contribution is -2.55. The molecule has 36 heavy (non-hydrogen) atoms. The molecule has 1 unspecified atom stereocenters. The van der Waals surface area contributed by atoms with E-state index in [0.29, 0.717) is 28.5 Å². The van der Waals surface area contributed by atoms with Crippen LogP contribution in [0.5, 0.6) is 5.75 Å². The molecule has 2 N–H and O–H groups in total. The van der Waals surface area contributed by atoms with Crippen LogP contribution in [0.15, 0.2) is 39.5 Å². The highest BCUT2D eigenvalue weighted by Crippen LogP contribution is 2.41. The molecular weight excluding hydrogens is 523 g/mol. The minimum atomic E-state index is -0.398. The van der Waals surface area contributed by atoms with Crippen LogP contribution in [0.4, 0.5) is 5.69 Å². The first-order valence-electron chi connectivity index (χ1n) is 11.6. The molecule has 0 spiro atoms. The van der Waals surface area contributed by atoms with Crippen molar-refractivity contribution in [2.45, 2.75) is 31.9 Å². The number of hydrogen-bond acceptors (Lipinski definition) is 7. The number of anilines is 1. The number of ether oxygens (including phenoxy) is 1. The van der Waals surface area contributed by atoms with Crippen molar-refractivity contribution in [3.63, 3.8) is 0 Å². The third kappa shape index (κ3) is 6.77. The van der Waals surface area contributed by atoms with Crippen LogP contribution >= 0.6 is 37.2 Å². The second kappa shape index (κ2) is 13.2. The summed E-state index contributed by atoms with van der Waals surface area (Å²) in [6, 6.07) is 9.53. The van der Waals surface area contributed by atoms with Crippen molar-refractivity contribution in [3.05, 3.63) is 46.1 Å². The molecule has 1 aromatic heterocycles. The molecular formula is C26H39Cl3N4O3. The average molecular weight is 562 g/mol. The van der Waals surface area contributed by atoms with Crippen molar-refractivity contribution < 1.29 is 9.15 Å². The van der Waals surface area contributed by atoms with Gasteiger partial charge in [-0.25, -0.2) is 0 Å². The van der Waals surface area contributed by atoms with Gasteiger partial charge in [-0.05, 0) is 60.6 Å².